The van der Waals surface area contributed by atoms with Gasteiger partial charge in [0.2, 0.25) is 0 Å². The second kappa shape index (κ2) is 15.7. The first kappa shape index (κ1) is 25.9. The predicted octanol–water partition coefficient (Wildman–Crippen LogP) is 3.21. The van der Waals surface area contributed by atoms with Gasteiger partial charge in [0.15, 0.2) is 5.96 Å². The van der Waals surface area contributed by atoms with Gasteiger partial charge in [-0.15, -0.1) is 24.0 Å². The van der Waals surface area contributed by atoms with Crippen LogP contribution < -0.4 is 5.32 Å². The molecule has 0 unspecified atom stereocenters. The van der Waals surface area contributed by atoms with E-state index in [1.165, 1.54) is 45.3 Å². The van der Waals surface area contributed by atoms with Gasteiger partial charge >= 0.3 is 0 Å². The van der Waals surface area contributed by atoms with Crippen LogP contribution in [0.25, 0.3) is 0 Å². The Labute approximate surface area is 189 Å². The Kier molecular flexibility index (Phi) is 14.5. The number of guanidine groups is 1. The van der Waals surface area contributed by atoms with E-state index in [4.69, 9.17) is 9.47 Å². The van der Waals surface area contributed by atoms with E-state index < -0.39 is 0 Å². The van der Waals surface area contributed by atoms with Crippen LogP contribution in [0.1, 0.15) is 51.9 Å². The van der Waals surface area contributed by atoms with Gasteiger partial charge in [0, 0.05) is 47.0 Å². The maximum Gasteiger partial charge on any atom is 0.193 e. The summed E-state index contributed by atoms with van der Waals surface area (Å²) >= 11 is 0. The van der Waals surface area contributed by atoms with Crippen molar-refractivity contribution < 1.29 is 9.47 Å². The van der Waals surface area contributed by atoms with Crippen molar-refractivity contribution in [1.29, 1.82) is 0 Å². The van der Waals surface area contributed by atoms with Gasteiger partial charge in [0.1, 0.15) is 0 Å². The molecule has 0 atom stereocenters. The summed E-state index contributed by atoms with van der Waals surface area (Å²) in [5, 5.41) is 3.56. The molecule has 28 heavy (non-hydrogen) atoms. The largest absolute Gasteiger partial charge is 0.385 e. The van der Waals surface area contributed by atoms with Crippen LogP contribution in [0.4, 0.5) is 0 Å². The third-order valence-corrected chi connectivity index (χ3v) is 5.86. The molecule has 0 spiro atoms. The molecule has 0 aromatic carbocycles. The lowest BCUT2D eigenvalue weighted by atomic mass is 9.99. The standard InChI is InChI=1S/C21H42N4O2.HI/c1-19-7-13-24(14-8-19)12-5-4-11-23-21(22-2)25-15-9-20(10-16-25)27-18-6-17-26-3;/h19-20H,4-18H2,1-3H3,(H,22,23);1H. The summed E-state index contributed by atoms with van der Waals surface area (Å²) < 4.78 is 11.0. The molecule has 2 saturated heterocycles. The van der Waals surface area contributed by atoms with Crippen molar-refractivity contribution in [2.75, 3.05) is 66.6 Å². The van der Waals surface area contributed by atoms with Crippen molar-refractivity contribution in [1.82, 2.24) is 15.1 Å². The molecule has 166 valence electrons. The van der Waals surface area contributed by atoms with Crippen LogP contribution in [-0.2, 0) is 9.47 Å². The smallest absolute Gasteiger partial charge is 0.193 e. The van der Waals surface area contributed by atoms with Crippen LogP contribution >= 0.6 is 24.0 Å². The van der Waals surface area contributed by atoms with Gasteiger partial charge in [0.25, 0.3) is 0 Å². The quantitative estimate of drug-likeness (QED) is 0.212. The van der Waals surface area contributed by atoms with Crippen LogP contribution in [-0.4, -0.2) is 88.5 Å². The number of methoxy groups -OCH3 is 1. The Bertz CT molecular complexity index is 409. The molecule has 2 aliphatic rings. The average Bonchev–Trinajstić information content (AvgIpc) is 2.70. The molecule has 2 heterocycles. The first-order valence-corrected chi connectivity index (χ1v) is 11.0. The van der Waals surface area contributed by atoms with Crippen molar-refractivity contribution in [2.24, 2.45) is 10.9 Å². The first-order valence-electron chi connectivity index (χ1n) is 11.0. The van der Waals surface area contributed by atoms with Crippen LogP contribution in [0, 0.1) is 5.92 Å². The van der Waals surface area contributed by atoms with E-state index in [1.54, 1.807) is 7.11 Å². The molecule has 0 aromatic rings. The Balaban J connectivity index is 0.00000392. The van der Waals surface area contributed by atoms with E-state index in [-0.39, 0.29) is 24.0 Å². The van der Waals surface area contributed by atoms with E-state index in [0.717, 1.165) is 64.0 Å². The molecule has 0 saturated carbocycles. The Morgan fingerprint density at radius 2 is 1.71 bits per heavy atom. The molecule has 2 rings (SSSR count). The number of hydrogen-bond donors (Lipinski definition) is 1. The lowest BCUT2D eigenvalue weighted by Gasteiger charge is -2.34. The van der Waals surface area contributed by atoms with Gasteiger partial charge < -0.3 is 24.6 Å². The van der Waals surface area contributed by atoms with Crippen molar-refractivity contribution in [3.63, 3.8) is 0 Å². The molecular weight excluding hydrogens is 467 g/mol. The summed E-state index contributed by atoms with van der Waals surface area (Å²) in [5.74, 6) is 1.98. The maximum atomic E-state index is 5.95. The monoisotopic (exact) mass is 510 g/mol. The minimum atomic E-state index is 0. The summed E-state index contributed by atoms with van der Waals surface area (Å²) in [6, 6.07) is 0. The average molecular weight is 511 g/mol. The SMILES string of the molecule is CN=C(NCCCCN1CCC(C)CC1)N1CCC(OCCCOC)CC1.I. The van der Waals surface area contributed by atoms with Crippen LogP contribution in [0.3, 0.4) is 0 Å². The minimum absolute atomic E-state index is 0. The number of piperidine rings is 2. The highest BCUT2D eigenvalue weighted by atomic mass is 127. The number of halogens is 1. The molecule has 7 heteroatoms. The second-order valence-electron chi connectivity index (χ2n) is 8.11. The van der Waals surface area contributed by atoms with Crippen molar-refractivity contribution in [2.45, 2.75) is 58.0 Å². The molecule has 0 aromatic heterocycles. The number of likely N-dealkylation sites (tertiary alicyclic amines) is 2. The number of ether oxygens (including phenoxy) is 2. The van der Waals surface area contributed by atoms with Crippen molar-refractivity contribution in [3.8, 4) is 0 Å². The maximum absolute atomic E-state index is 5.95. The van der Waals surface area contributed by atoms with E-state index in [0.29, 0.717) is 6.10 Å². The van der Waals surface area contributed by atoms with Gasteiger partial charge in [-0.2, -0.15) is 0 Å². The highest BCUT2D eigenvalue weighted by Gasteiger charge is 2.21. The van der Waals surface area contributed by atoms with Crippen LogP contribution in [0.5, 0.6) is 0 Å². The Morgan fingerprint density at radius 3 is 2.36 bits per heavy atom. The van der Waals surface area contributed by atoms with E-state index in [1.807, 2.05) is 7.05 Å². The summed E-state index contributed by atoms with van der Waals surface area (Å²) in [7, 11) is 3.63. The third kappa shape index (κ3) is 10.1. The fourth-order valence-electron chi connectivity index (χ4n) is 3.97. The zero-order valence-corrected chi connectivity index (χ0v) is 20.7. The van der Waals surface area contributed by atoms with Crippen molar-refractivity contribution >= 4 is 29.9 Å². The number of rotatable bonds is 10. The Hall–Kier alpha value is -0.120. The van der Waals surface area contributed by atoms with Gasteiger partial charge in [-0.1, -0.05) is 6.92 Å². The normalized spacial score (nSPS) is 20.2. The van der Waals surface area contributed by atoms with E-state index >= 15 is 0 Å². The zero-order valence-electron chi connectivity index (χ0n) is 18.3. The van der Waals surface area contributed by atoms with Gasteiger partial charge in [-0.05, 0) is 70.5 Å². The number of nitrogens with one attached hydrogen (secondary N) is 1. The van der Waals surface area contributed by atoms with Crippen LogP contribution in [0.15, 0.2) is 4.99 Å². The molecule has 1 N–H and O–H groups in total. The summed E-state index contributed by atoms with van der Waals surface area (Å²) in [5.41, 5.74) is 0. The van der Waals surface area contributed by atoms with Gasteiger partial charge in [0.05, 0.1) is 6.10 Å². The third-order valence-electron chi connectivity index (χ3n) is 5.86. The fourth-order valence-corrected chi connectivity index (χ4v) is 3.97. The first-order chi connectivity index (χ1) is 13.2. The summed E-state index contributed by atoms with van der Waals surface area (Å²) in [4.78, 5) is 9.49. The minimum Gasteiger partial charge on any atom is -0.385 e. The van der Waals surface area contributed by atoms with E-state index in [9.17, 15) is 0 Å². The highest BCUT2D eigenvalue weighted by molar-refractivity contribution is 14.0. The van der Waals surface area contributed by atoms with Gasteiger partial charge in [-0.3, -0.25) is 4.99 Å². The predicted molar refractivity (Wildman–Crippen MR) is 128 cm³/mol. The molecule has 0 bridgehead atoms. The fraction of sp³-hybridized carbons (Fsp3) is 0.952. The number of aliphatic imine (C=N–C) groups is 1. The summed E-state index contributed by atoms with van der Waals surface area (Å²) in [6.07, 6.45) is 8.77. The van der Waals surface area contributed by atoms with Crippen molar-refractivity contribution in [3.05, 3.63) is 0 Å². The molecule has 6 nitrogen and oxygen atoms in total. The lowest BCUT2D eigenvalue weighted by molar-refractivity contribution is 0.00991. The van der Waals surface area contributed by atoms with Gasteiger partial charge in [-0.25, -0.2) is 0 Å². The molecule has 0 radical (unpaired) electrons. The highest BCUT2D eigenvalue weighted by Crippen LogP contribution is 2.16. The van der Waals surface area contributed by atoms with E-state index in [2.05, 4.69) is 27.0 Å². The lowest BCUT2D eigenvalue weighted by Crippen LogP contribution is -2.47. The molecule has 2 fully saturated rings. The molecular formula is C21H43IN4O2. The molecule has 0 amide bonds. The number of unbranched alkanes of at least 4 members (excludes halogenated alkanes) is 1. The van der Waals surface area contributed by atoms with Crippen LogP contribution in [0.2, 0.25) is 0 Å². The Morgan fingerprint density at radius 1 is 1.00 bits per heavy atom. The summed E-state index contributed by atoms with van der Waals surface area (Å²) in [6.45, 7) is 10.9. The number of hydrogen-bond acceptors (Lipinski definition) is 4. The zero-order chi connectivity index (χ0) is 19.3. The molecule has 0 aliphatic carbocycles. The molecule has 2 aliphatic heterocycles. The second-order valence-corrected chi connectivity index (χ2v) is 8.11. The topological polar surface area (TPSA) is 49.3 Å². The number of nitrogens with zero attached hydrogens (tertiary/aromatic N) is 3.